The molecule has 4 rings (SSSR count). The van der Waals surface area contributed by atoms with Crippen LogP contribution in [0.15, 0.2) is 48.7 Å². The van der Waals surface area contributed by atoms with Crippen LogP contribution in [-0.4, -0.2) is 35.3 Å². The second kappa shape index (κ2) is 8.58. The lowest BCUT2D eigenvalue weighted by molar-refractivity contribution is 0.100. The number of nitrogens with one attached hydrogen (secondary N) is 1. The first kappa shape index (κ1) is 21.8. The van der Waals surface area contributed by atoms with Gasteiger partial charge in [-0.05, 0) is 55.7 Å². The fourth-order valence-electron chi connectivity index (χ4n) is 4.13. The summed E-state index contributed by atoms with van der Waals surface area (Å²) in [4.78, 5) is 14.1. The molecule has 2 aromatic carbocycles. The minimum Gasteiger partial charge on any atom is -0.369 e. The van der Waals surface area contributed by atoms with Gasteiger partial charge in [0.2, 0.25) is 0 Å². The molecule has 32 heavy (non-hydrogen) atoms. The van der Waals surface area contributed by atoms with Gasteiger partial charge in [0, 0.05) is 31.5 Å². The fraction of sp³-hybridized carbons (Fsp3) is 0.304. The maximum Gasteiger partial charge on any atom is 0.254 e. The molecule has 9 heteroatoms. The Hall–Kier alpha value is -3.46. The molecule has 0 bridgehead atoms. The molecule has 2 heterocycles. The number of hydrogen-bond acceptors (Lipinski definition) is 5. The number of carbonyl (C=O) groups excluding carboxylic acids is 1. The Morgan fingerprint density at radius 3 is 2.47 bits per heavy atom. The van der Waals surface area contributed by atoms with E-state index in [1.54, 1.807) is 42.1 Å². The predicted octanol–water partition coefficient (Wildman–Crippen LogP) is 3.27. The van der Waals surface area contributed by atoms with Crippen LogP contribution in [0.5, 0.6) is 0 Å². The lowest BCUT2D eigenvalue weighted by Gasteiger charge is -2.42. The molecule has 1 amide bonds. The van der Waals surface area contributed by atoms with Gasteiger partial charge < -0.3 is 21.7 Å². The number of nitrogens with zero attached hydrogens (tertiary/aromatic N) is 3. The number of rotatable bonds is 6. The van der Waals surface area contributed by atoms with Crippen molar-refractivity contribution in [3.05, 3.63) is 71.4 Å². The molecule has 0 atom stereocenters. The van der Waals surface area contributed by atoms with Gasteiger partial charge in [-0.1, -0.05) is 12.1 Å². The minimum atomic E-state index is -0.632. The maximum absolute atomic E-state index is 14.6. The monoisotopic (exact) mass is 440 g/mol. The second-order valence-corrected chi connectivity index (χ2v) is 8.16. The van der Waals surface area contributed by atoms with E-state index in [9.17, 15) is 13.6 Å². The summed E-state index contributed by atoms with van der Waals surface area (Å²) >= 11 is 0. The normalized spacial score (nSPS) is 15.6. The molecule has 168 valence electrons. The molecule has 1 aliphatic heterocycles. The third-order valence-electron chi connectivity index (χ3n) is 6.16. The van der Waals surface area contributed by atoms with Crippen LogP contribution in [0.4, 0.5) is 26.0 Å². The molecule has 0 spiro atoms. The summed E-state index contributed by atoms with van der Waals surface area (Å²) < 4.78 is 29.5. The maximum atomic E-state index is 14.6. The highest BCUT2D eigenvalue weighted by atomic mass is 19.1. The van der Waals surface area contributed by atoms with Crippen molar-refractivity contribution in [1.29, 1.82) is 0 Å². The zero-order chi connectivity index (χ0) is 22.9. The molecule has 7 nitrogen and oxygen atoms in total. The Morgan fingerprint density at radius 1 is 1.16 bits per heavy atom. The van der Waals surface area contributed by atoms with Gasteiger partial charge in [-0.3, -0.25) is 9.48 Å². The first-order chi connectivity index (χ1) is 15.3. The average Bonchev–Trinajstić information content (AvgIpc) is 3.22. The molecule has 3 aromatic rings. The quantitative estimate of drug-likeness (QED) is 0.546. The van der Waals surface area contributed by atoms with Gasteiger partial charge in [-0.2, -0.15) is 5.10 Å². The zero-order valence-corrected chi connectivity index (χ0v) is 17.8. The summed E-state index contributed by atoms with van der Waals surface area (Å²) in [5.41, 5.74) is 13.2. The first-order valence-electron chi connectivity index (χ1n) is 10.5. The van der Waals surface area contributed by atoms with Gasteiger partial charge in [-0.15, -0.1) is 0 Å². The molecule has 0 radical (unpaired) electrons. The van der Waals surface area contributed by atoms with E-state index in [0.29, 0.717) is 49.4 Å². The number of primary amides is 1. The number of hydrogen-bond donors (Lipinski definition) is 3. The van der Waals surface area contributed by atoms with E-state index in [2.05, 4.69) is 10.4 Å². The van der Waals surface area contributed by atoms with Crippen LogP contribution < -0.4 is 21.7 Å². The first-order valence-corrected chi connectivity index (χ1v) is 10.5. The van der Waals surface area contributed by atoms with Crippen molar-refractivity contribution < 1.29 is 13.6 Å². The molecule has 1 aromatic heterocycles. The van der Waals surface area contributed by atoms with E-state index in [0.717, 1.165) is 0 Å². The van der Waals surface area contributed by atoms with Crippen molar-refractivity contribution in [2.75, 3.05) is 29.9 Å². The van der Waals surface area contributed by atoms with E-state index in [1.165, 1.54) is 12.1 Å². The molecular formula is C23H26F2N6O. The van der Waals surface area contributed by atoms with E-state index in [1.807, 2.05) is 11.0 Å². The van der Waals surface area contributed by atoms with Gasteiger partial charge in [0.15, 0.2) is 5.82 Å². The lowest BCUT2D eigenvalue weighted by Crippen LogP contribution is -2.51. The van der Waals surface area contributed by atoms with Gasteiger partial charge in [0.25, 0.3) is 5.91 Å². The summed E-state index contributed by atoms with van der Waals surface area (Å²) in [5.74, 6) is -0.930. The highest BCUT2D eigenvalue weighted by Crippen LogP contribution is 2.34. The van der Waals surface area contributed by atoms with Crippen molar-refractivity contribution in [3.8, 4) is 0 Å². The van der Waals surface area contributed by atoms with Crippen molar-refractivity contribution in [3.63, 3.8) is 0 Å². The molecule has 1 saturated heterocycles. The van der Waals surface area contributed by atoms with E-state index >= 15 is 0 Å². The Balaban J connectivity index is 1.59. The number of anilines is 3. The average molecular weight is 440 g/mol. The van der Waals surface area contributed by atoms with E-state index in [4.69, 9.17) is 11.5 Å². The van der Waals surface area contributed by atoms with E-state index < -0.39 is 11.4 Å². The SMILES string of the molecule is Cc1cccc(N2CCC(CN)(n3cc(C(N)=O)c(Nc4ccc(F)cc4)n3)CC2)c1F. The van der Waals surface area contributed by atoms with Gasteiger partial charge in [-0.25, -0.2) is 8.78 Å². The largest absolute Gasteiger partial charge is 0.369 e. The second-order valence-electron chi connectivity index (χ2n) is 8.16. The molecule has 5 N–H and O–H groups in total. The number of halogens is 2. The molecule has 0 unspecified atom stereocenters. The van der Waals surface area contributed by atoms with Crippen molar-refractivity contribution in [1.82, 2.24) is 9.78 Å². The highest BCUT2D eigenvalue weighted by Gasteiger charge is 2.37. The van der Waals surface area contributed by atoms with Crippen LogP contribution in [0, 0.1) is 18.6 Å². The van der Waals surface area contributed by atoms with Crippen LogP contribution in [-0.2, 0) is 5.54 Å². The Kier molecular flexibility index (Phi) is 5.84. The van der Waals surface area contributed by atoms with Crippen molar-refractivity contribution in [2.45, 2.75) is 25.3 Å². The fourth-order valence-corrected chi connectivity index (χ4v) is 4.13. The van der Waals surface area contributed by atoms with Crippen molar-refractivity contribution >= 4 is 23.1 Å². The van der Waals surface area contributed by atoms with Crippen LogP contribution in [0.3, 0.4) is 0 Å². The predicted molar refractivity (Wildman–Crippen MR) is 120 cm³/mol. The third kappa shape index (κ3) is 4.03. The van der Waals surface area contributed by atoms with Crippen LogP contribution >= 0.6 is 0 Å². The van der Waals surface area contributed by atoms with Gasteiger partial charge in [0.05, 0.1) is 11.2 Å². The number of carbonyl (C=O) groups is 1. The number of amides is 1. The molecule has 0 saturated carbocycles. The summed E-state index contributed by atoms with van der Waals surface area (Å²) in [5, 5.41) is 7.61. The molecule has 1 aliphatic rings. The van der Waals surface area contributed by atoms with Crippen LogP contribution in [0.2, 0.25) is 0 Å². The molecule has 0 aliphatic carbocycles. The highest BCUT2D eigenvalue weighted by molar-refractivity contribution is 5.98. The number of aryl methyl sites for hydroxylation is 1. The number of benzene rings is 2. The zero-order valence-electron chi connectivity index (χ0n) is 17.8. The Labute approximate surface area is 185 Å². The summed E-state index contributed by atoms with van der Waals surface area (Å²) in [7, 11) is 0. The summed E-state index contributed by atoms with van der Waals surface area (Å²) in [6.45, 7) is 3.22. The number of piperidine rings is 1. The van der Waals surface area contributed by atoms with Gasteiger partial charge >= 0.3 is 0 Å². The van der Waals surface area contributed by atoms with E-state index in [-0.39, 0.29) is 23.0 Å². The van der Waals surface area contributed by atoms with Gasteiger partial charge in [0.1, 0.15) is 17.2 Å². The van der Waals surface area contributed by atoms with Crippen molar-refractivity contribution in [2.24, 2.45) is 11.5 Å². The topological polar surface area (TPSA) is 102 Å². The lowest BCUT2D eigenvalue weighted by atomic mass is 9.87. The Bertz CT molecular complexity index is 1120. The smallest absolute Gasteiger partial charge is 0.254 e. The summed E-state index contributed by atoms with van der Waals surface area (Å²) in [6.07, 6.45) is 2.84. The molecular weight excluding hydrogens is 414 g/mol. The summed E-state index contributed by atoms with van der Waals surface area (Å²) in [6, 6.07) is 11.1. The van der Waals surface area contributed by atoms with Crippen LogP contribution in [0.1, 0.15) is 28.8 Å². The van der Waals surface area contributed by atoms with Crippen LogP contribution in [0.25, 0.3) is 0 Å². The Morgan fingerprint density at radius 2 is 1.84 bits per heavy atom. The minimum absolute atomic E-state index is 0.214. The number of aromatic nitrogens is 2. The number of nitrogens with two attached hydrogens (primary N) is 2. The molecule has 1 fully saturated rings. The standard InChI is InChI=1S/C23H26F2N6O/c1-15-3-2-4-19(20(15)25)30-11-9-23(14-26,10-12-30)31-13-18(21(27)32)22(29-31)28-17-7-5-16(24)6-8-17/h2-8,13H,9-12,14,26H2,1H3,(H2,27,32)(H,28,29). The third-order valence-corrected chi connectivity index (χ3v) is 6.16.